The maximum absolute atomic E-state index is 13.2. The lowest BCUT2D eigenvalue weighted by Crippen LogP contribution is -2.39. The number of amides is 1. The predicted octanol–water partition coefficient (Wildman–Crippen LogP) is 3.15. The van der Waals surface area contributed by atoms with E-state index >= 15 is 0 Å². The van der Waals surface area contributed by atoms with Crippen LogP contribution in [0.4, 0.5) is 11.5 Å². The molecule has 158 valence electrons. The number of aromatic nitrogens is 2. The zero-order valence-electron chi connectivity index (χ0n) is 16.8. The Kier molecular flexibility index (Phi) is 5.16. The summed E-state index contributed by atoms with van der Waals surface area (Å²) < 4.78 is 6.93. The molecule has 0 aliphatic heterocycles. The number of furan rings is 1. The minimum Gasteiger partial charge on any atom is -0.449 e. The second kappa shape index (κ2) is 7.81. The molecule has 0 spiro atoms. The first-order valence-corrected chi connectivity index (χ1v) is 9.79. The molecule has 3 N–H and O–H groups in total. The van der Waals surface area contributed by atoms with Crippen molar-refractivity contribution in [1.29, 1.82) is 0 Å². The molecule has 2 heterocycles. The maximum atomic E-state index is 13.2. The number of aromatic amines is 1. The van der Waals surface area contributed by atoms with Gasteiger partial charge in [-0.3, -0.25) is 19.1 Å². The second-order valence-electron chi connectivity index (χ2n) is 7.10. The number of nitrogens with one attached hydrogen (secondary N) is 1. The van der Waals surface area contributed by atoms with Gasteiger partial charge in [-0.2, -0.15) is 0 Å². The molecule has 0 atom stereocenters. The predicted molar refractivity (Wildman–Crippen MR) is 120 cm³/mol. The quantitative estimate of drug-likeness (QED) is 0.508. The monoisotopic (exact) mass is 438 g/mol. The van der Waals surface area contributed by atoms with Crippen LogP contribution in [-0.2, 0) is 6.54 Å². The van der Waals surface area contributed by atoms with Crippen LogP contribution in [0.15, 0.2) is 62.5 Å². The number of rotatable bonds is 4. The number of hydrogen-bond acceptors (Lipinski definition) is 5. The molecule has 0 aliphatic carbocycles. The van der Waals surface area contributed by atoms with Crippen LogP contribution < -0.4 is 21.9 Å². The van der Waals surface area contributed by atoms with Gasteiger partial charge in [0, 0.05) is 18.0 Å². The van der Waals surface area contributed by atoms with Gasteiger partial charge in [0.1, 0.15) is 5.82 Å². The van der Waals surface area contributed by atoms with Crippen LogP contribution in [0, 0.1) is 6.92 Å². The third-order valence-electron chi connectivity index (χ3n) is 5.15. The molecule has 31 heavy (non-hydrogen) atoms. The number of fused-ring (bicyclic) bond motifs is 1. The van der Waals surface area contributed by atoms with Crippen molar-refractivity contribution in [2.45, 2.75) is 13.5 Å². The SMILES string of the molecule is Cc1c(C(=O)N(C)c2c(N)n(Cc3ccccc3)c(=O)[nH]c2=O)oc2c(Cl)cccc12. The summed E-state index contributed by atoms with van der Waals surface area (Å²) in [5, 5.41) is 1.07. The summed E-state index contributed by atoms with van der Waals surface area (Å²) in [4.78, 5) is 41.4. The minimum absolute atomic E-state index is 0.0326. The normalized spacial score (nSPS) is 11.1. The summed E-state index contributed by atoms with van der Waals surface area (Å²) in [7, 11) is 1.40. The number of carbonyl (C=O) groups is 1. The van der Waals surface area contributed by atoms with E-state index in [2.05, 4.69) is 4.98 Å². The van der Waals surface area contributed by atoms with E-state index in [1.807, 2.05) is 30.3 Å². The summed E-state index contributed by atoms with van der Waals surface area (Å²) in [6, 6.07) is 14.4. The van der Waals surface area contributed by atoms with Crippen LogP contribution in [0.25, 0.3) is 11.0 Å². The zero-order chi connectivity index (χ0) is 22.3. The van der Waals surface area contributed by atoms with Gasteiger partial charge in [-0.1, -0.05) is 54.1 Å². The molecular formula is C22H19ClN4O4. The van der Waals surface area contributed by atoms with Crippen LogP contribution in [0.5, 0.6) is 0 Å². The number of halogens is 1. The lowest BCUT2D eigenvalue weighted by Gasteiger charge is -2.20. The van der Waals surface area contributed by atoms with Crippen LogP contribution in [0.1, 0.15) is 21.7 Å². The fourth-order valence-electron chi connectivity index (χ4n) is 3.49. The fraction of sp³-hybridized carbons (Fsp3) is 0.136. The van der Waals surface area contributed by atoms with E-state index < -0.39 is 17.2 Å². The van der Waals surface area contributed by atoms with Gasteiger partial charge in [0.15, 0.2) is 17.0 Å². The number of hydrogen-bond donors (Lipinski definition) is 2. The highest BCUT2D eigenvalue weighted by Crippen LogP contribution is 2.32. The smallest absolute Gasteiger partial charge is 0.330 e. The Morgan fingerprint density at radius 1 is 1.16 bits per heavy atom. The summed E-state index contributed by atoms with van der Waals surface area (Å²) in [5.74, 6) is -0.683. The molecule has 0 saturated carbocycles. The van der Waals surface area contributed by atoms with Gasteiger partial charge >= 0.3 is 5.69 Å². The van der Waals surface area contributed by atoms with Crippen molar-refractivity contribution in [1.82, 2.24) is 9.55 Å². The van der Waals surface area contributed by atoms with Crippen LogP contribution in [-0.4, -0.2) is 22.5 Å². The number of H-pyrrole nitrogens is 1. The van der Waals surface area contributed by atoms with Crippen LogP contribution >= 0.6 is 11.6 Å². The third-order valence-corrected chi connectivity index (χ3v) is 5.45. The lowest BCUT2D eigenvalue weighted by atomic mass is 10.1. The second-order valence-corrected chi connectivity index (χ2v) is 7.51. The number of aryl methyl sites for hydroxylation is 1. The van der Waals surface area contributed by atoms with E-state index in [0.717, 1.165) is 10.5 Å². The third kappa shape index (κ3) is 3.51. The molecule has 0 saturated heterocycles. The van der Waals surface area contributed by atoms with Crippen molar-refractivity contribution in [3.05, 3.63) is 91.3 Å². The van der Waals surface area contributed by atoms with Crippen LogP contribution in [0.3, 0.4) is 0 Å². The Hall–Kier alpha value is -3.78. The standard InChI is InChI=1S/C22H19ClN4O4/c1-12-14-9-6-10-15(23)18(14)31-17(12)21(29)26(2)16-19(24)27(22(30)25-20(16)28)11-13-7-4-3-5-8-13/h3-10H,11,24H2,1-2H3,(H,25,28,30). The number of nitrogen functional groups attached to an aromatic ring is 1. The number of para-hydroxylation sites is 1. The van der Waals surface area contributed by atoms with E-state index in [0.29, 0.717) is 21.6 Å². The average Bonchev–Trinajstić information content (AvgIpc) is 3.09. The van der Waals surface area contributed by atoms with E-state index in [1.165, 1.54) is 11.6 Å². The van der Waals surface area contributed by atoms with Crippen molar-refractivity contribution in [3.8, 4) is 0 Å². The van der Waals surface area contributed by atoms with Crippen molar-refractivity contribution in [2.75, 3.05) is 17.7 Å². The highest BCUT2D eigenvalue weighted by atomic mass is 35.5. The molecule has 2 aromatic carbocycles. The van der Waals surface area contributed by atoms with E-state index in [4.69, 9.17) is 21.8 Å². The Bertz CT molecular complexity index is 1420. The van der Waals surface area contributed by atoms with Crippen molar-refractivity contribution in [2.24, 2.45) is 0 Å². The Balaban J connectivity index is 1.79. The van der Waals surface area contributed by atoms with Crippen molar-refractivity contribution < 1.29 is 9.21 Å². The zero-order valence-corrected chi connectivity index (χ0v) is 17.6. The van der Waals surface area contributed by atoms with Gasteiger partial charge in [-0.25, -0.2) is 4.79 Å². The fourth-order valence-corrected chi connectivity index (χ4v) is 3.70. The number of carbonyl (C=O) groups excluding carboxylic acids is 1. The maximum Gasteiger partial charge on any atom is 0.330 e. The van der Waals surface area contributed by atoms with Gasteiger partial charge in [0.05, 0.1) is 11.6 Å². The van der Waals surface area contributed by atoms with Gasteiger partial charge in [-0.05, 0) is 18.6 Å². The van der Waals surface area contributed by atoms with Crippen LogP contribution in [0.2, 0.25) is 5.02 Å². The van der Waals surface area contributed by atoms with Gasteiger partial charge in [0.2, 0.25) is 0 Å². The lowest BCUT2D eigenvalue weighted by molar-refractivity contribution is 0.0967. The first kappa shape index (κ1) is 20.5. The van der Waals surface area contributed by atoms with Crippen molar-refractivity contribution in [3.63, 3.8) is 0 Å². The Morgan fingerprint density at radius 2 is 1.87 bits per heavy atom. The van der Waals surface area contributed by atoms with Crippen molar-refractivity contribution >= 4 is 40.0 Å². The summed E-state index contributed by atoms with van der Waals surface area (Å²) >= 11 is 6.18. The van der Waals surface area contributed by atoms with E-state index in [1.54, 1.807) is 25.1 Å². The molecule has 4 rings (SSSR count). The molecule has 0 fully saturated rings. The minimum atomic E-state index is -0.769. The average molecular weight is 439 g/mol. The molecular weight excluding hydrogens is 420 g/mol. The Morgan fingerprint density at radius 3 is 2.55 bits per heavy atom. The molecule has 0 unspecified atom stereocenters. The number of nitrogens with zero attached hydrogens (tertiary/aromatic N) is 2. The van der Waals surface area contributed by atoms with Gasteiger partial charge in [-0.15, -0.1) is 0 Å². The molecule has 8 nitrogen and oxygen atoms in total. The molecule has 9 heteroatoms. The molecule has 0 aliphatic rings. The highest BCUT2D eigenvalue weighted by molar-refractivity contribution is 6.35. The number of nitrogens with two attached hydrogens (primary N) is 1. The largest absolute Gasteiger partial charge is 0.449 e. The molecule has 4 aromatic rings. The number of anilines is 2. The molecule has 2 aromatic heterocycles. The van der Waals surface area contributed by atoms with Gasteiger partial charge < -0.3 is 15.1 Å². The number of benzene rings is 2. The van der Waals surface area contributed by atoms with E-state index in [9.17, 15) is 14.4 Å². The van der Waals surface area contributed by atoms with Gasteiger partial charge in [0.25, 0.3) is 11.5 Å². The van der Waals surface area contributed by atoms with E-state index in [-0.39, 0.29) is 23.8 Å². The molecule has 1 amide bonds. The summed E-state index contributed by atoms with van der Waals surface area (Å²) in [5.41, 5.74) is 6.38. The molecule has 0 bridgehead atoms. The first-order valence-electron chi connectivity index (χ1n) is 9.41. The summed E-state index contributed by atoms with van der Waals surface area (Å²) in [6.45, 7) is 1.86. The first-order chi connectivity index (χ1) is 14.8. The highest BCUT2D eigenvalue weighted by Gasteiger charge is 2.27. The summed E-state index contributed by atoms with van der Waals surface area (Å²) in [6.07, 6.45) is 0. The topological polar surface area (TPSA) is 114 Å². The molecule has 0 radical (unpaired) electrons. The Labute approximate surface area is 181 Å².